The molecule has 2 aromatic rings. The number of rotatable bonds is 2. The molecule has 5 nitrogen and oxygen atoms in total. The van der Waals surface area contributed by atoms with Crippen molar-refractivity contribution in [3.05, 3.63) is 35.6 Å². The van der Waals surface area contributed by atoms with Crippen LogP contribution in [0.15, 0.2) is 30.5 Å². The molecular weight excluding hydrogens is 316 g/mol. The summed E-state index contributed by atoms with van der Waals surface area (Å²) >= 11 is 6.05. The summed E-state index contributed by atoms with van der Waals surface area (Å²) in [4.78, 5) is 17.6. The number of likely N-dealkylation sites (tertiary alicyclic amines) is 1. The third kappa shape index (κ3) is 3.67. The second-order valence-corrected chi connectivity index (χ2v) is 6.97. The second-order valence-electron chi connectivity index (χ2n) is 6.61. The lowest BCUT2D eigenvalue weighted by Crippen LogP contribution is -2.57. The Labute approximate surface area is 140 Å². The number of carbonyl (C=O) groups excluding carboxylic acids is 1. The number of aromatic nitrogens is 1. The van der Waals surface area contributed by atoms with Gasteiger partial charge in [-0.15, -0.1) is 0 Å². The lowest BCUT2D eigenvalue weighted by Gasteiger charge is -2.39. The lowest BCUT2D eigenvalue weighted by molar-refractivity contribution is -0.0221. The molecule has 0 aliphatic carbocycles. The summed E-state index contributed by atoms with van der Waals surface area (Å²) in [5.41, 5.74) is -0.478. The number of amides is 1. The molecule has 3 rings (SSSR count). The summed E-state index contributed by atoms with van der Waals surface area (Å²) in [6.45, 7) is 6.63. The molecule has 23 heavy (non-hydrogen) atoms. The van der Waals surface area contributed by atoms with Crippen molar-refractivity contribution in [1.29, 1.82) is 0 Å². The van der Waals surface area contributed by atoms with E-state index in [1.54, 1.807) is 11.1 Å². The molecule has 0 saturated carbocycles. The first kappa shape index (κ1) is 15.9. The Morgan fingerprint density at radius 1 is 1.30 bits per heavy atom. The van der Waals surface area contributed by atoms with Gasteiger partial charge in [-0.1, -0.05) is 11.6 Å². The van der Waals surface area contributed by atoms with Crippen molar-refractivity contribution in [1.82, 2.24) is 9.88 Å². The van der Waals surface area contributed by atoms with Gasteiger partial charge in [0.05, 0.1) is 13.1 Å². The van der Waals surface area contributed by atoms with E-state index >= 15 is 0 Å². The van der Waals surface area contributed by atoms with Gasteiger partial charge < -0.3 is 14.4 Å². The molecule has 1 amide bonds. The maximum atomic E-state index is 11.9. The van der Waals surface area contributed by atoms with Gasteiger partial charge in [0.25, 0.3) is 0 Å². The van der Waals surface area contributed by atoms with E-state index in [-0.39, 0.29) is 12.2 Å². The number of halogens is 1. The molecule has 122 valence electrons. The Kier molecular flexibility index (Phi) is 4.06. The standard InChI is InChI=1S/C17H19ClN2O3/c1-17(2,3)23-16(21)20-9-13(10-20)22-12-4-5-14-11(8-12)6-7-19-15(14)18/h4-8,13H,9-10H2,1-3H3. The quantitative estimate of drug-likeness (QED) is 0.782. The van der Waals surface area contributed by atoms with Gasteiger partial charge in [0.2, 0.25) is 0 Å². The zero-order valence-corrected chi connectivity index (χ0v) is 14.1. The molecular formula is C17H19ClN2O3. The third-order valence-corrected chi connectivity index (χ3v) is 3.79. The minimum Gasteiger partial charge on any atom is -0.487 e. The highest BCUT2D eigenvalue weighted by Crippen LogP contribution is 2.27. The van der Waals surface area contributed by atoms with Crippen LogP contribution in [-0.2, 0) is 4.74 Å². The van der Waals surface area contributed by atoms with E-state index in [0.29, 0.717) is 18.2 Å². The summed E-state index contributed by atoms with van der Waals surface area (Å²) < 4.78 is 11.2. The Hall–Kier alpha value is -2.01. The number of carbonyl (C=O) groups is 1. The van der Waals surface area contributed by atoms with Crippen LogP contribution in [-0.4, -0.2) is 40.8 Å². The van der Waals surface area contributed by atoms with E-state index < -0.39 is 5.60 Å². The summed E-state index contributed by atoms with van der Waals surface area (Å²) in [5.74, 6) is 0.758. The van der Waals surface area contributed by atoms with E-state index in [4.69, 9.17) is 21.1 Å². The van der Waals surface area contributed by atoms with Crippen molar-refractivity contribution in [2.75, 3.05) is 13.1 Å². The van der Waals surface area contributed by atoms with Gasteiger partial charge >= 0.3 is 6.09 Å². The molecule has 1 aromatic carbocycles. The van der Waals surface area contributed by atoms with Crippen LogP contribution in [0.2, 0.25) is 5.15 Å². The predicted molar refractivity (Wildman–Crippen MR) is 89.0 cm³/mol. The van der Waals surface area contributed by atoms with Crippen molar-refractivity contribution >= 4 is 28.5 Å². The molecule has 0 unspecified atom stereocenters. The maximum absolute atomic E-state index is 11.9. The smallest absolute Gasteiger partial charge is 0.410 e. The maximum Gasteiger partial charge on any atom is 0.410 e. The summed E-state index contributed by atoms with van der Waals surface area (Å²) in [6.07, 6.45) is 1.35. The van der Waals surface area contributed by atoms with Crippen molar-refractivity contribution in [3.63, 3.8) is 0 Å². The molecule has 0 atom stereocenters. The summed E-state index contributed by atoms with van der Waals surface area (Å²) in [6, 6.07) is 7.58. The van der Waals surface area contributed by atoms with Gasteiger partial charge in [-0.3, -0.25) is 0 Å². The molecule has 1 aliphatic rings. The van der Waals surface area contributed by atoms with Crippen LogP contribution >= 0.6 is 11.6 Å². The molecule has 6 heteroatoms. The number of hydrogen-bond acceptors (Lipinski definition) is 4. The zero-order chi connectivity index (χ0) is 16.6. The molecule has 1 aromatic heterocycles. The largest absolute Gasteiger partial charge is 0.487 e. The average molecular weight is 335 g/mol. The zero-order valence-electron chi connectivity index (χ0n) is 13.4. The summed E-state index contributed by atoms with van der Waals surface area (Å²) in [5, 5.41) is 2.35. The average Bonchev–Trinajstić information content (AvgIpc) is 2.40. The number of benzene rings is 1. The van der Waals surface area contributed by atoms with Gasteiger partial charge in [-0.2, -0.15) is 0 Å². The van der Waals surface area contributed by atoms with Gasteiger partial charge in [0.15, 0.2) is 0 Å². The molecule has 1 aliphatic heterocycles. The lowest BCUT2D eigenvalue weighted by atomic mass is 10.1. The first-order valence-corrected chi connectivity index (χ1v) is 7.88. The monoisotopic (exact) mass is 334 g/mol. The molecule has 0 N–H and O–H groups in total. The highest BCUT2D eigenvalue weighted by Gasteiger charge is 2.35. The predicted octanol–water partition coefficient (Wildman–Crippen LogP) is 3.89. The van der Waals surface area contributed by atoms with E-state index in [1.807, 2.05) is 45.0 Å². The van der Waals surface area contributed by atoms with Crippen molar-refractivity contribution in [2.45, 2.75) is 32.5 Å². The van der Waals surface area contributed by atoms with Gasteiger partial charge in [-0.05, 0) is 50.4 Å². The van der Waals surface area contributed by atoms with Crippen LogP contribution in [0.25, 0.3) is 10.8 Å². The Morgan fingerprint density at radius 3 is 2.74 bits per heavy atom. The van der Waals surface area contributed by atoms with Crippen molar-refractivity contribution < 1.29 is 14.3 Å². The molecule has 1 fully saturated rings. The highest BCUT2D eigenvalue weighted by atomic mass is 35.5. The minimum atomic E-state index is -0.478. The first-order valence-electron chi connectivity index (χ1n) is 7.51. The van der Waals surface area contributed by atoms with E-state index in [1.165, 1.54) is 0 Å². The number of nitrogens with zero attached hydrogens (tertiary/aromatic N) is 2. The molecule has 2 heterocycles. The Bertz CT molecular complexity index is 736. The SMILES string of the molecule is CC(C)(C)OC(=O)N1CC(Oc2ccc3c(Cl)nccc3c2)C1. The Morgan fingerprint density at radius 2 is 2.04 bits per heavy atom. The first-order chi connectivity index (χ1) is 10.8. The number of hydrogen-bond donors (Lipinski definition) is 0. The second kappa shape index (κ2) is 5.89. The van der Waals surface area contributed by atoms with E-state index in [0.717, 1.165) is 16.5 Å². The van der Waals surface area contributed by atoms with E-state index in [9.17, 15) is 4.79 Å². The van der Waals surface area contributed by atoms with Crippen LogP contribution in [0.1, 0.15) is 20.8 Å². The fraction of sp³-hybridized carbons (Fsp3) is 0.412. The van der Waals surface area contributed by atoms with Gasteiger partial charge in [0.1, 0.15) is 22.6 Å². The van der Waals surface area contributed by atoms with Crippen molar-refractivity contribution in [2.24, 2.45) is 0 Å². The topological polar surface area (TPSA) is 51.7 Å². The van der Waals surface area contributed by atoms with Crippen LogP contribution in [0.4, 0.5) is 4.79 Å². The van der Waals surface area contributed by atoms with Gasteiger partial charge in [0, 0.05) is 11.6 Å². The third-order valence-electron chi connectivity index (χ3n) is 3.49. The highest BCUT2D eigenvalue weighted by molar-refractivity contribution is 6.34. The normalized spacial score (nSPS) is 15.4. The van der Waals surface area contributed by atoms with Crippen molar-refractivity contribution in [3.8, 4) is 5.75 Å². The minimum absolute atomic E-state index is 0.0164. The van der Waals surface area contributed by atoms with Crippen LogP contribution < -0.4 is 4.74 Å². The Balaban J connectivity index is 1.59. The van der Waals surface area contributed by atoms with Gasteiger partial charge in [-0.25, -0.2) is 9.78 Å². The fourth-order valence-electron chi connectivity index (χ4n) is 2.37. The number of ether oxygens (including phenoxy) is 2. The van der Waals surface area contributed by atoms with Crippen LogP contribution in [0.3, 0.4) is 0 Å². The molecule has 1 saturated heterocycles. The number of pyridine rings is 1. The summed E-state index contributed by atoms with van der Waals surface area (Å²) in [7, 11) is 0. The van der Waals surface area contributed by atoms with Crippen LogP contribution in [0.5, 0.6) is 5.75 Å². The van der Waals surface area contributed by atoms with Crippen LogP contribution in [0, 0.1) is 0 Å². The van der Waals surface area contributed by atoms with E-state index in [2.05, 4.69) is 4.98 Å². The number of fused-ring (bicyclic) bond motifs is 1. The fourth-order valence-corrected chi connectivity index (χ4v) is 2.60. The molecule has 0 spiro atoms. The molecule has 0 radical (unpaired) electrons. The molecule has 0 bridgehead atoms.